The second-order valence-corrected chi connectivity index (χ2v) is 21.4. The lowest BCUT2D eigenvalue weighted by atomic mass is 9.79. The van der Waals surface area contributed by atoms with Gasteiger partial charge in [0.2, 0.25) is 5.91 Å². The zero-order valence-corrected chi connectivity index (χ0v) is 43.0. The lowest BCUT2D eigenvalue weighted by molar-refractivity contribution is -0.154. The number of aromatic nitrogens is 2. The van der Waals surface area contributed by atoms with Crippen molar-refractivity contribution in [2.24, 2.45) is 4.99 Å². The third kappa shape index (κ3) is 10.3. The molecule has 3 unspecified atom stereocenters. The summed E-state index contributed by atoms with van der Waals surface area (Å²) in [5.74, 6) is -2.33. The van der Waals surface area contributed by atoms with Crippen molar-refractivity contribution in [1.82, 2.24) is 29.4 Å². The number of para-hydroxylation sites is 1. The summed E-state index contributed by atoms with van der Waals surface area (Å²) in [5, 5.41) is 15.0. The van der Waals surface area contributed by atoms with Crippen LogP contribution in [0.5, 0.6) is 0 Å². The molecule has 6 aromatic rings. The number of aliphatic imine (C=N–C) groups is 1. The molecule has 0 saturated carbocycles. The average Bonchev–Trinajstić information content (AvgIpc) is 4.20. The van der Waals surface area contributed by atoms with Gasteiger partial charge in [-0.3, -0.25) is 19.3 Å². The maximum Gasteiger partial charge on any atom is 0.410 e. The highest BCUT2D eigenvalue weighted by molar-refractivity contribution is 8.00. The van der Waals surface area contributed by atoms with Crippen LogP contribution in [0.25, 0.3) is 0 Å². The molecule has 3 atom stereocenters. The van der Waals surface area contributed by atoms with Crippen LogP contribution in [0.1, 0.15) is 73.4 Å². The Morgan fingerprint density at radius 2 is 1.44 bits per heavy atom. The molecule has 3 saturated heterocycles. The normalized spacial score (nSPS) is 19.6. The maximum absolute atomic E-state index is 15.0. The van der Waals surface area contributed by atoms with E-state index >= 15 is 0 Å². The molecule has 75 heavy (non-hydrogen) atoms. The van der Waals surface area contributed by atoms with Crippen LogP contribution in [-0.2, 0) is 34.3 Å². The summed E-state index contributed by atoms with van der Waals surface area (Å²) in [7, 11) is 0. The largest absolute Gasteiger partial charge is 0.448 e. The van der Waals surface area contributed by atoms with E-state index in [0.717, 1.165) is 11.5 Å². The number of β-lactam (4-membered cyclic amide) rings is 1. The molecular formula is C57H54N8O8S2. The summed E-state index contributed by atoms with van der Waals surface area (Å²) < 4.78 is 16.4. The Morgan fingerprint density at radius 1 is 0.840 bits per heavy atom. The van der Waals surface area contributed by atoms with E-state index in [9.17, 15) is 29.1 Å². The van der Waals surface area contributed by atoms with Gasteiger partial charge in [0.15, 0.2) is 22.8 Å². The minimum atomic E-state index is -1.73. The summed E-state index contributed by atoms with van der Waals surface area (Å²) in [5.41, 5.74) is 7.35. The van der Waals surface area contributed by atoms with Gasteiger partial charge in [-0.2, -0.15) is 9.36 Å². The van der Waals surface area contributed by atoms with Gasteiger partial charge in [0, 0.05) is 48.1 Å². The van der Waals surface area contributed by atoms with Crippen LogP contribution in [0, 0.1) is 0 Å². The Hall–Kier alpha value is -7.93. The fourth-order valence-corrected chi connectivity index (χ4v) is 11.6. The van der Waals surface area contributed by atoms with Crippen LogP contribution in [0.4, 0.5) is 15.6 Å². The zero-order chi connectivity index (χ0) is 52.4. The number of nitrogens with two attached hydrogens (primary N) is 1. The first-order valence-electron chi connectivity index (χ1n) is 24.6. The van der Waals surface area contributed by atoms with Crippen molar-refractivity contribution in [1.29, 1.82) is 0 Å². The molecule has 0 aliphatic carbocycles. The zero-order valence-electron chi connectivity index (χ0n) is 41.4. The standard InChI is InChI=1S/C57H54N8O8S2/c1-56(2,3)73-55(70)63-30-29-41(33-63)64-31-28-37(50(64)67)32-38-34-74-52-45(51(68)65(52)46(38)53(69)72-47(35-18-8-4-9-19-35)36-20-10-5-11-21-36)60-49(66)44(48-61-54(58)75-62-48)59-43-27-17-16-26-42(43)57(71,39-22-12-6-13-23-39)40-24-14-7-15-25-40/h4-27,32,41,45,47,52,71H,28-31,33-34H2,1-3H3,(H,60,66)(H2,58,61,62)/b37-32+,59-44?. The molecule has 382 valence electrons. The molecule has 4 aliphatic heterocycles. The quantitative estimate of drug-likeness (QED) is 0.0335. The molecular weight excluding hydrogens is 989 g/mol. The van der Waals surface area contributed by atoms with Gasteiger partial charge < -0.3 is 35.4 Å². The van der Waals surface area contributed by atoms with Crippen LogP contribution < -0.4 is 11.1 Å². The van der Waals surface area contributed by atoms with Crippen LogP contribution in [0.3, 0.4) is 0 Å². The number of allylic oxidation sites excluding steroid dienone is 1. The number of hydrogen-bond donors (Lipinski definition) is 3. The number of anilines is 1. The molecule has 4 N–H and O–H groups in total. The number of thioether (sulfide) groups is 1. The summed E-state index contributed by atoms with van der Waals surface area (Å²) in [4.78, 5) is 85.5. The number of carbonyl (C=O) groups is 5. The molecule has 0 spiro atoms. The van der Waals surface area contributed by atoms with Gasteiger partial charge in [-0.25, -0.2) is 14.6 Å². The van der Waals surface area contributed by atoms with E-state index in [1.807, 2.05) is 142 Å². The van der Waals surface area contributed by atoms with Crippen LogP contribution in [0.2, 0.25) is 0 Å². The van der Waals surface area contributed by atoms with Crippen molar-refractivity contribution < 1.29 is 38.6 Å². The van der Waals surface area contributed by atoms with Crippen LogP contribution in [-0.4, -0.2) is 113 Å². The van der Waals surface area contributed by atoms with E-state index in [1.54, 1.807) is 40.1 Å². The second-order valence-electron chi connectivity index (χ2n) is 19.5. The van der Waals surface area contributed by atoms with Gasteiger partial charge in [-0.05, 0) is 73.6 Å². The summed E-state index contributed by atoms with van der Waals surface area (Å²) in [6.07, 6.45) is 1.36. The number of ether oxygens (including phenoxy) is 2. The Balaban J connectivity index is 0.972. The minimum absolute atomic E-state index is 0.0419. The van der Waals surface area contributed by atoms with E-state index in [4.69, 9.17) is 20.2 Å². The van der Waals surface area contributed by atoms with E-state index in [-0.39, 0.29) is 45.8 Å². The van der Waals surface area contributed by atoms with E-state index in [0.29, 0.717) is 71.4 Å². The number of esters is 1. The Labute approximate surface area is 442 Å². The van der Waals surface area contributed by atoms with Crippen molar-refractivity contribution in [3.05, 3.63) is 202 Å². The number of benzene rings is 5. The molecule has 16 nitrogen and oxygen atoms in total. The van der Waals surface area contributed by atoms with Gasteiger partial charge in [0.25, 0.3) is 11.8 Å². The molecule has 0 bridgehead atoms. The number of nitrogens with one attached hydrogen (secondary N) is 1. The smallest absolute Gasteiger partial charge is 0.410 e. The van der Waals surface area contributed by atoms with Crippen molar-refractivity contribution >= 4 is 69.6 Å². The Kier molecular flexibility index (Phi) is 14.3. The average molecular weight is 1040 g/mol. The molecule has 18 heteroatoms. The molecule has 10 rings (SSSR count). The fourth-order valence-electron chi connectivity index (χ4n) is 9.88. The monoisotopic (exact) mass is 1040 g/mol. The Morgan fingerprint density at radius 3 is 2.04 bits per heavy atom. The number of carbonyl (C=O) groups excluding carboxylic acids is 5. The van der Waals surface area contributed by atoms with E-state index in [2.05, 4.69) is 14.7 Å². The highest BCUT2D eigenvalue weighted by Crippen LogP contribution is 2.44. The first-order valence-corrected chi connectivity index (χ1v) is 26.4. The second kappa shape index (κ2) is 21.1. The molecule has 1 aromatic heterocycles. The predicted molar refractivity (Wildman–Crippen MR) is 285 cm³/mol. The van der Waals surface area contributed by atoms with Crippen molar-refractivity contribution in [2.45, 2.75) is 68.4 Å². The lowest BCUT2D eigenvalue weighted by Gasteiger charge is -2.49. The third-order valence-electron chi connectivity index (χ3n) is 13.4. The van der Waals surface area contributed by atoms with E-state index in [1.165, 1.54) is 16.7 Å². The van der Waals surface area contributed by atoms with E-state index < -0.39 is 52.6 Å². The number of likely N-dealkylation sites (tertiary alicyclic amines) is 2. The fraction of sp³-hybridized carbons (Fsp3) is 0.263. The highest BCUT2D eigenvalue weighted by atomic mass is 32.2. The van der Waals surface area contributed by atoms with Crippen molar-refractivity contribution in [3.63, 3.8) is 0 Å². The number of fused-ring (bicyclic) bond motifs is 1. The number of aliphatic hydroxyl groups is 1. The summed E-state index contributed by atoms with van der Waals surface area (Å²) in [6.45, 7) is 6.61. The first-order chi connectivity index (χ1) is 36.2. The minimum Gasteiger partial charge on any atom is -0.448 e. The van der Waals surface area contributed by atoms with Gasteiger partial charge in [-0.15, -0.1) is 11.8 Å². The van der Waals surface area contributed by atoms with Gasteiger partial charge in [0.1, 0.15) is 28.3 Å². The molecule has 4 aliphatic rings. The lowest BCUT2D eigenvalue weighted by Crippen LogP contribution is -2.71. The predicted octanol–water partition coefficient (Wildman–Crippen LogP) is 7.68. The molecule has 5 heterocycles. The highest BCUT2D eigenvalue weighted by Gasteiger charge is 2.55. The number of rotatable bonds is 13. The first kappa shape index (κ1) is 50.6. The Bertz CT molecular complexity index is 3160. The molecule has 4 amide bonds. The summed E-state index contributed by atoms with van der Waals surface area (Å²) in [6, 6.07) is 42.3. The van der Waals surface area contributed by atoms with Gasteiger partial charge >= 0.3 is 12.1 Å². The van der Waals surface area contributed by atoms with Crippen molar-refractivity contribution in [2.75, 3.05) is 31.1 Å². The topological polar surface area (TPSA) is 210 Å². The third-order valence-corrected chi connectivity index (χ3v) is 15.3. The SMILES string of the molecule is CC(C)(C)OC(=O)N1CCC(N2CC/C(=C\C3=C(C(=O)OC(c4ccccc4)c4ccccc4)N4C(=O)C(NC(=O)C(=Nc5ccccc5C(O)(c5ccccc5)c5ccccc5)c5nsc(N)n5)C4SC3)C2=O)C1. The van der Waals surface area contributed by atoms with Crippen molar-refractivity contribution in [3.8, 4) is 0 Å². The number of nitrogen functional groups attached to an aromatic ring is 1. The number of amides is 4. The van der Waals surface area contributed by atoms with Crippen LogP contribution in [0.15, 0.2) is 174 Å². The van der Waals surface area contributed by atoms with Gasteiger partial charge in [0.05, 0.1) is 11.7 Å². The molecule has 3 fully saturated rings. The van der Waals surface area contributed by atoms with Crippen LogP contribution >= 0.6 is 23.3 Å². The molecule has 5 aromatic carbocycles. The number of hydrogen-bond acceptors (Lipinski definition) is 14. The number of nitrogens with zero attached hydrogens (tertiary/aromatic N) is 6. The summed E-state index contributed by atoms with van der Waals surface area (Å²) >= 11 is 2.18. The van der Waals surface area contributed by atoms with Gasteiger partial charge in [-0.1, -0.05) is 140 Å². The maximum atomic E-state index is 15.0. The molecule has 0 radical (unpaired) electrons.